The smallest absolute Gasteiger partial charge is 0.324 e. The van der Waals surface area contributed by atoms with Crippen molar-refractivity contribution in [1.29, 1.82) is 0 Å². The van der Waals surface area contributed by atoms with Crippen LogP contribution in [-0.4, -0.2) is 29.8 Å². The van der Waals surface area contributed by atoms with E-state index in [1.165, 1.54) is 0 Å². The van der Waals surface area contributed by atoms with Crippen LogP contribution in [0.2, 0.25) is 0 Å². The molecule has 0 radical (unpaired) electrons. The largest absolute Gasteiger partial charge is 0.459 e. The molecule has 0 amide bonds. The van der Waals surface area contributed by atoms with Crippen LogP contribution in [0, 0.1) is 5.41 Å². The highest BCUT2D eigenvalue weighted by Crippen LogP contribution is 2.34. The van der Waals surface area contributed by atoms with Crippen LogP contribution in [-0.2, 0) is 9.53 Å². The molecule has 0 saturated carbocycles. The molecule has 0 bridgehead atoms. The first-order valence-corrected chi connectivity index (χ1v) is 7.06. The average Bonchev–Trinajstić information content (AvgIpc) is 2.43. The summed E-state index contributed by atoms with van der Waals surface area (Å²) in [5, 5.41) is 12.6. The third-order valence-electron chi connectivity index (χ3n) is 3.97. The molecule has 110 valence electrons. The highest BCUT2D eigenvalue weighted by atomic mass is 16.6. The molecule has 1 aromatic carbocycles. The lowest BCUT2D eigenvalue weighted by molar-refractivity contribution is -0.169. The molecule has 0 spiro atoms. The van der Waals surface area contributed by atoms with E-state index in [4.69, 9.17) is 4.74 Å². The third-order valence-corrected chi connectivity index (χ3v) is 3.97. The lowest BCUT2D eigenvalue weighted by Crippen LogP contribution is -2.55. The van der Waals surface area contributed by atoms with Crippen molar-refractivity contribution in [2.75, 3.05) is 6.61 Å². The molecule has 2 rings (SSSR count). The zero-order valence-electron chi connectivity index (χ0n) is 12.3. The molecular formula is C16H23NO3. The Bertz CT molecular complexity index is 458. The zero-order valence-corrected chi connectivity index (χ0v) is 12.3. The van der Waals surface area contributed by atoms with E-state index in [2.05, 4.69) is 5.32 Å². The van der Waals surface area contributed by atoms with Crippen molar-refractivity contribution in [2.45, 2.75) is 45.4 Å². The van der Waals surface area contributed by atoms with E-state index >= 15 is 0 Å². The number of benzene rings is 1. The zero-order chi connectivity index (χ0) is 14.8. The first kappa shape index (κ1) is 15.0. The molecule has 1 saturated heterocycles. The highest BCUT2D eigenvalue weighted by Gasteiger charge is 2.44. The van der Waals surface area contributed by atoms with Crippen LogP contribution in [0.4, 0.5) is 0 Å². The molecule has 1 fully saturated rings. The maximum Gasteiger partial charge on any atom is 0.324 e. The Hall–Kier alpha value is -1.39. The summed E-state index contributed by atoms with van der Waals surface area (Å²) in [6, 6.07) is 9.73. The monoisotopic (exact) mass is 277 g/mol. The van der Waals surface area contributed by atoms with Gasteiger partial charge >= 0.3 is 5.97 Å². The van der Waals surface area contributed by atoms with Crippen LogP contribution >= 0.6 is 0 Å². The number of rotatable bonds is 4. The average molecular weight is 277 g/mol. The summed E-state index contributed by atoms with van der Waals surface area (Å²) in [6.07, 6.45) is 0.275. The number of aliphatic hydroxyl groups excluding tert-OH is 1. The number of ether oxygens (including phenoxy) is 1. The normalized spacial score (nSPS) is 26.9. The van der Waals surface area contributed by atoms with Crippen LogP contribution in [0.15, 0.2) is 30.3 Å². The lowest BCUT2D eigenvalue weighted by Gasteiger charge is -2.41. The molecule has 3 atom stereocenters. The van der Waals surface area contributed by atoms with Gasteiger partial charge in [0.2, 0.25) is 0 Å². The maximum absolute atomic E-state index is 12.2. The minimum atomic E-state index is -0.386. The Kier molecular flexibility index (Phi) is 4.45. The second kappa shape index (κ2) is 5.94. The number of cyclic esters (lactones) is 1. The molecule has 4 heteroatoms. The molecule has 2 N–H and O–H groups in total. The van der Waals surface area contributed by atoms with E-state index in [-0.39, 0.29) is 36.2 Å². The van der Waals surface area contributed by atoms with Gasteiger partial charge in [-0.1, -0.05) is 44.2 Å². The molecule has 1 heterocycles. The Morgan fingerprint density at radius 3 is 2.60 bits per heavy atom. The molecule has 0 aromatic heterocycles. The highest BCUT2D eigenvalue weighted by molar-refractivity contribution is 5.78. The van der Waals surface area contributed by atoms with E-state index in [1.54, 1.807) is 0 Å². The van der Waals surface area contributed by atoms with Gasteiger partial charge in [-0.15, -0.1) is 0 Å². The fourth-order valence-electron chi connectivity index (χ4n) is 2.78. The van der Waals surface area contributed by atoms with Crippen LogP contribution in [0.1, 0.15) is 38.8 Å². The van der Waals surface area contributed by atoms with Gasteiger partial charge in [0.15, 0.2) is 0 Å². The summed E-state index contributed by atoms with van der Waals surface area (Å²) in [4.78, 5) is 12.2. The van der Waals surface area contributed by atoms with Gasteiger partial charge < -0.3 is 9.84 Å². The van der Waals surface area contributed by atoms with Gasteiger partial charge in [-0.25, -0.2) is 0 Å². The maximum atomic E-state index is 12.2. The molecule has 0 aliphatic carbocycles. The van der Waals surface area contributed by atoms with Gasteiger partial charge in [0.25, 0.3) is 0 Å². The van der Waals surface area contributed by atoms with E-state index in [0.717, 1.165) is 5.56 Å². The van der Waals surface area contributed by atoms with Gasteiger partial charge in [0.05, 0.1) is 6.61 Å². The van der Waals surface area contributed by atoms with Crippen molar-refractivity contribution in [3.63, 3.8) is 0 Å². The van der Waals surface area contributed by atoms with Crippen molar-refractivity contribution >= 4 is 5.97 Å². The summed E-state index contributed by atoms with van der Waals surface area (Å²) >= 11 is 0. The standard InChI is InChI=1S/C16H23NO3/c1-11(12-7-5-4-6-8-12)17-14-15(19)20-13(10-18)9-16(14,2)3/h4-8,11,13-14,17-18H,9-10H2,1-3H3/t11?,13-,14+/m1/s1. The SMILES string of the molecule is CC(N[C@H]1C(=O)O[C@@H](CO)CC1(C)C)c1ccccc1. The molecule has 1 aliphatic rings. The van der Waals surface area contributed by atoms with Crippen LogP contribution in [0.3, 0.4) is 0 Å². The third kappa shape index (κ3) is 3.19. The summed E-state index contributed by atoms with van der Waals surface area (Å²) in [5.41, 5.74) is 0.895. The van der Waals surface area contributed by atoms with Crippen molar-refractivity contribution in [2.24, 2.45) is 5.41 Å². The Labute approximate surface area is 120 Å². The van der Waals surface area contributed by atoms with Crippen molar-refractivity contribution in [1.82, 2.24) is 5.32 Å². The predicted molar refractivity (Wildman–Crippen MR) is 77.1 cm³/mol. The van der Waals surface area contributed by atoms with Crippen molar-refractivity contribution in [3.8, 4) is 0 Å². The number of esters is 1. The molecule has 1 aliphatic heterocycles. The van der Waals surface area contributed by atoms with Gasteiger partial charge in [0.1, 0.15) is 12.1 Å². The van der Waals surface area contributed by atoms with Gasteiger partial charge in [-0.2, -0.15) is 0 Å². The Balaban J connectivity index is 2.10. The fourth-order valence-corrected chi connectivity index (χ4v) is 2.78. The topological polar surface area (TPSA) is 58.6 Å². The quantitative estimate of drug-likeness (QED) is 0.827. The second-order valence-corrected chi connectivity index (χ2v) is 6.17. The number of aliphatic hydroxyl groups is 1. The van der Waals surface area contributed by atoms with E-state index in [9.17, 15) is 9.90 Å². The lowest BCUT2D eigenvalue weighted by atomic mass is 9.77. The molecule has 1 unspecified atom stereocenters. The minimum absolute atomic E-state index is 0.0682. The first-order valence-electron chi connectivity index (χ1n) is 7.06. The number of hydrogen-bond donors (Lipinski definition) is 2. The summed E-state index contributed by atoms with van der Waals surface area (Å²) in [6.45, 7) is 5.99. The molecule has 1 aromatic rings. The second-order valence-electron chi connectivity index (χ2n) is 6.17. The van der Waals surface area contributed by atoms with Crippen LogP contribution < -0.4 is 5.32 Å². The number of carbonyl (C=O) groups excluding carboxylic acids is 1. The number of hydrogen-bond acceptors (Lipinski definition) is 4. The van der Waals surface area contributed by atoms with Crippen LogP contribution in [0.25, 0.3) is 0 Å². The van der Waals surface area contributed by atoms with E-state index in [0.29, 0.717) is 6.42 Å². The van der Waals surface area contributed by atoms with Gasteiger partial charge in [0, 0.05) is 6.04 Å². The van der Waals surface area contributed by atoms with Crippen molar-refractivity contribution in [3.05, 3.63) is 35.9 Å². The summed E-state index contributed by atoms with van der Waals surface area (Å²) in [7, 11) is 0. The van der Waals surface area contributed by atoms with Gasteiger partial charge in [-0.3, -0.25) is 10.1 Å². The van der Waals surface area contributed by atoms with E-state index in [1.807, 2.05) is 51.1 Å². The summed E-state index contributed by atoms with van der Waals surface area (Å²) in [5.74, 6) is -0.275. The predicted octanol–water partition coefficient (Wildman–Crippen LogP) is 2.04. The molecule has 4 nitrogen and oxygen atoms in total. The Morgan fingerprint density at radius 1 is 1.40 bits per heavy atom. The molecular weight excluding hydrogens is 254 g/mol. The van der Waals surface area contributed by atoms with Gasteiger partial charge in [-0.05, 0) is 24.3 Å². The minimum Gasteiger partial charge on any atom is -0.459 e. The number of nitrogens with one attached hydrogen (secondary N) is 1. The fraction of sp³-hybridized carbons (Fsp3) is 0.562. The first-order chi connectivity index (χ1) is 9.44. The van der Waals surface area contributed by atoms with E-state index < -0.39 is 0 Å². The van der Waals surface area contributed by atoms with Crippen LogP contribution in [0.5, 0.6) is 0 Å². The molecule has 20 heavy (non-hydrogen) atoms. The van der Waals surface area contributed by atoms with Crippen molar-refractivity contribution < 1.29 is 14.6 Å². The summed E-state index contributed by atoms with van der Waals surface area (Å²) < 4.78 is 5.27. The number of carbonyl (C=O) groups is 1. The Morgan fingerprint density at radius 2 is 2.05 bits per heavy atom.